The number of nitrogens with zero attached hydrogens (tertiary/aromatic N) is 1. The average molecular weight is 233 g/mol. The highest BCUT2D eigenvalue weighted by atomic mass is 16.3. The minimum Gasteiger partial charge on any atom is -0.508 e. The van der Waals surface area contributed by atoms with E-state index in [1.165, 1.54) is 37.8 Å². The number of piperidine rings is 1. The second-order valence-electron chi connectivity index (χ2n) is 5.07. The standard InChI is InChI=1S/C15H23NO/c1-3-14-8-4-5-10-16(14)12(2)13-7-6-9-15(17)11-13/h6-7,9,11-12,14,17H,3-5,8,10H2,1-2H3. The van der Waals surface area contributed by atoms with Crippen molar-refractivity contribution in [3.63, 3.8) is 0 Å². The van der Waals surface area contributed by atoms with Gasteiger partial charge in [-0.15, -0.1) is 0 Å². The maximum atomic E-state index is 9.56. The average Bonchev–Trinajstić information content (AvgIpc) is 2.38. The summed E-state index contributed by atoms with van der Waals surface area (Å²) in [4.78, 5) is 2.60. The van der Waals surface area contributed by atoms with Gasteiger partial charge < -0.3 is 5.11 Å². The number of phenolic OH excluding ortho intramolecular Hbond substituents is 1. The molecule has 2 unspecified atom stereocenters. The summed E-state index contributed by atoms with van der Waals surface area (Å²) in [7, 11) is 0. The van der Waals surface area contributed by atoms with E-state index in [0.29, 0.717) is 17.8 Å². The Kier molecular flexibility index (Phi) is 4.06. The summed E-state index contributed by atoms with van der Waals surface area (Å²) in [5.41, 5.74) is 1.23. The molecule has 2 atom stereocenters. The lowest BCUT2D eigenvalue weighted by Crippen LogP contribution is -2.40. The highest BCUT2D eigenvalue weighted by Gasteiger charge is 2.25. The summed E-state index contributed by atoms with van der Waals surface area (Å²) in [5.74, 6) is 0.374. The Hall–Kier alpha value is -1.02. The van der Waals surface area contributed by atoms with E-state index < -0.39 is 0 Å². The number of aromatic hydroxyl groups is 1. The first kappa shape index (κ1) is 12.4. The minimum atomic E-state index is 0.374. The topological polar surface area (TPSA) is 23.5 Å². The molecule has 0 aliphatic carbocycles. The second-order valence-corrected chi connectivity index (χ2v) is 5.07. The molecule has 1 aromatic carbocycles. The molecule has 1 saturated heterocycles. The van der Waals surface area contributed by atoms with Crippen LogP contribution >= 0.6 is 0 Å². The van der Waals surface area contributed by atoms with Gasteiger partial charge in [0.1, 0.15) is 5.75 Å². The lowest BCUT2D eigenvalue weighted by Gasteiger charge is -2.39. The molecule has 2 heteroatoms. The van der Waals surface area contributed by atoms with Crippen LogP contribution < -0.4 is 0 Å². The fourth-order valence-electron chi connectivity index (χ4n) is 2.95. The zero-order chi connectivity index (χ0) is 12.3. The van der Waals surface area contributed by atoms with Crippen LogP contribution in [0.15, 0.2) is 24.3 Å². The molecule has 94 valence electrons. The molecule has 2 nitrogen and oxygen atoms in total. The van der Waals surface area contributed by atoms with Crippen molar-refractivity contribution in [3.8, 4) is 5.75 Å². The van der Waals surface area contributed by atoms with Crippen LogP contribution in [0.5, 0.6) is 5.75 Å². The summed E-state index contributed by atoms with van der Waals surface area (Å²) >= 11 is 0. The summed E-state index contributed by atoms with van der Waals surface area (Å²) in [6.45, 7) is 5.72. The van der Waals surface area contributed by atoms with Crippen molar-refractivity contribution in [1.29, 1.82) is 0 Å². The third-order valence-electron chi connectivity index (χ3n) is 3.99. The number of hydrogen-bond donors (Lipinski definition) is 1. The molecule has 17 heavy (non-hydrogen) atoms. The number of rotatable bonds is 3. The quantitative estimate of drug-likeness (QED) is 0.860. The summed E-state index contributed by atoms with van der Waals surface area (Å²) in [6.07, 6.45) is 5.21. The fraction of sp³-hybridized carbons (Fsp3) is 0.600. The summed E-state index contributed by atoms with van der Waals surface area (Å²) < 4.78 is 0. The number of hydrogen-bond acceptors (Lipinski definition) is 2. The van der Waals surface area contributed by atoms with Gasteiger partial charge in [-0.3, -0.25) is 4.90 Å². The van der Waals surface area contributed by atoms with Crippen LogP contribution in [0.1, 0.15) is 51.1 Å². The molecule has 0 saturated carbocycles. The largest absolute Gasteiger partial charge is 0.508 e. The van der Waals surface area contributed by atoms with Crippen molar-refractivity contribution in [3.05, 3.63) is 29.8 Å². The van der Waals surface area contributed by atoms with Crippen molar-refractivity contribution in [2.75, 3.05) is 6.54 Å². The summed E-state index contributed by atoms with van der Waals surface area (Å²) in [6, 6.07) is 8.81. The predicted octanol–water partition coefficient (Wildman–Crippen LogP) is 3.72. The van der Waals surface area contributed by atoms with Gasteiger partial charge in [0, 0.05) is 12.1 Å². The predicted molar refractivity (Wildman–Crippen MR) is 71.2 cm³/mol. The van der Waals surface area contributed by atoms with Gasteiger partial charge in [-0.25, -0.2) is 0 Å². The van der Waals surface area contributed by atoms with Gasteiger partial charge in [0.2, 0.25) is 0 Å². The van der Waals surface area contributed by atoms with E-state index in [4.69, 9.17) is 0 Å². The third kappa shape index (κ3) is 2.81. The molecule has 1 heterocycles. The molecular formula is C15H23NO. The summed E-state index contributed by atoms with van der Waals surface area (Å²) in [5, 5.41) is 9.56. The maximum Gasteiger partial charge on any atom is 0.115 e. The second kappa shape index (κ2) is 5.54. The SMILES string of the molecule is CCC1CCCCN1C(C)c1cccc(O)c1. The van der Waals surface area contributed by atoms with Gasteiger partial charge in [0.25, 0.3) is 0 Å². The van der Waals surface area contributed by atoms with Crippen LogP contribution in [-0.2, 0) is 0 Å². The van der Waals surface area contributed by atoms with Crippen molar-refractivity contribution in [2.24, 2.45) is 0 Å². The molecule has 1 N–H and O–H groups in total. The highest BCUT2D eigenvalue weighted by Crippen LogP contribution is 2.30. The zero-order valence-electron chi connectivity index (χ0n) is 10.9. The molecule has 0 spiro atoms. The zero-order valence-corrected chi connectivity index (χ0v) is 10.9. The van der Waals surface area contributed by atoms with E-state index in [0.717, 1.165) is 0 Å². The molecule has 2 rings (SSSR count). The van der Waals surface area contributed by atoms with Crippen LogP contribution in [0, 0.1) is 0 Å². The van der Waals surface area contributed by atoms with E-state index in [-0.39, 0.29) is 0 Å². The van der Waals surface area contributed by atoms with Crippen molar-refractivity contribution in [1.82, 2.24) is 4.90 Å². The first-order valence-corrected chi connectivity index (χ1v) is 6.77. The molecule has 1 aliphatic rings. The Morgan fingerprint density at radius 2 is 2.24 bits per heavy atom. The lowest BCUT2D eigenvalue weighted by molar-refractivity contribution is 0.1000. The van der Waals surface area contributed by atoms with E-state index in [1.807, 2.05) is 12.1 Å². The Bertz CT molecular complexity index is 364. The fourth-order valence-corrected chi connectivity index (χ4v) is 2.95. The molecule has 0 bridgehead atoms. The minimum absolute atomic E-state index is 0.374. The van der Waals surface area contributed by atoms with E-state index in [2.05, 4.69) is 24.8 Å². The van der Waals surface area contributed by atoms with Gasteiger partial charge >= 0.3 is 0 Å². The van der Waals surface area contributed by atoms with Gasteiger partial charge in [0.05, 0.1) is 0 Å². The molecule has 0 radical (unpaired) electrons. The number of phenols is 1. The van der Waals surface area contributed by atoms with Gasteiger partial charge in [-0.1, -0.05) is 25.5 Å². The van der Waals surface area contributed by atoms with Gasteiger partial charge in [0.15, 0.2) is 0 Å². The van der Waals surface area contributed by atoms with Crippen molar-refractivity contribution >= 4 is 0 Å². The van der Waals surface area contributed by atoms with Gasteiger partial charge in [-0.2, -0.15) is 0 Å². The van der Waals surface area contributed by atoms with Crippen molar-refractivity contribution in [2.45, 2.75) is 51.6 Å². The molecule has 0 aromatic heterocycles. The van der Waals surface area contributed by atoms with E-state index in [1.54, 1.807) is 6.07 Å². The molecular weight excluding hydrogens is 210 g/mol. The third-order valence-corrected chi connectivity index (χ3v) is 3.99. The van der Waals surface area contributed by atoms with Crippen molar-refractivity contribution < 1.29 is 5.11 Å². The Balaban J connectivity index is 2.15. The van der Waals surface area contributed by atoms with E-state index in [9.17, 15) is 5.11 Å². The molecule has 0 amide bonds. The van der Waals surface area contributed by atoms with Crippen LogP contribution in [0.4, 0.5) is 0 Å². The number of likely N-dealkylation sites (tertiary alicyclic amines) is 1. The monoisotopic (exact) mass is 233 g/mol. The normalized spacial score (nSPS) is 23.5. The molecule has 1 aliphatic heterocycles. The maximum absolute atomic E-state index is 9.56. The van der Waals surface area contributed by atoms with Crippen LogP contribution in [0.2, 0.25) is 0 Å². The van der Waals surface area contributed by atoms with Crippen LogP contribution in [-0.4, -0.2) is 22.6 Å². The highest BCUT2D eigenvalue weighted by molar-refractivity contribution is 5.29. The van der Waals surface area contributed by atoms with E-state index >= 15 is 0 Å². The first-order chi connectivity index (χ1) is 8.22. The Labute approximate surface area is 104 Å². The van der Waals surface area contributed by atoms with Crippen LogP contribution in [0.25, 0.3) is 0 Å². The smallest absolute Gasteiger partial charge is 0.115 e. The molecule has 1 aromatic rings. The Morgan fingerprint density at radius 3 is 2.94 bits per heavy atom. The first-order valence-electron chi connectivity index (χ1n) is 6.77. The lowest BCUT2D eigenvalue weighted by atomic mass is 9.95. The van der Waals surface area contributed by atoms with Gasteiger partial charge in [-0.05, 0) is 50.4 Å². The van der Waals surface area contributed by atoms with Crippen LogP contribution in [0.3, 0.4) is 0 Å². The number of benzene rings is 1. The Morgan fingerprint density at radius 1 is 1.41 bits per heavy atom. The molecule has 1 fully saturated rings.